The summed E-state index contributed by atoms with van der Waals surface area (Å²) in [7, 11) is 0. The van der Waals surface area contributed by atoms with Gasteiger partial charge in [0.2, 0.25) is 5.91 Å². The van der Waals surface area contributed by atoms with Crippen molar-refractivity contribution in [2.75, 3.05) is 0 Å². The third-order valence-electron chi connectivity index (χ3n) is 2.67. The summed E-state index contributed by atoms with van der Waals surface area (Å²) in [6, 6.07) is -0.0899. The Morgan fingerprint density at radius 3 is 3.07 bits per heavy atom. The molecular formula is C13H19NO. The fourth-order valence-corrected chi connectivity index (χ4v) is 1.84. The van der Waals surface area contributed by atoms with Crippen LogP contribution in [0.4, 0.5) is 0 Å². The molecule has 2 unspecified atom stereocenters. The molecule has 0 aromatic heterocycles. The number of carbonyl (C=O) groups is 1. The van der Waals surface area contributed by atoms with Crippen LogP contribution >= 0.6 is 0 Å². The van der Waals surface area contributed by atoms with Gasteiger partial charge in [0, 0.05) is 6.42 Å². The van der Waals surface area contributed by atoms with E-state index in [1.807, 2.05) is 0 Å². The third kappa shape index (κ3) is 4.20. The van der Waals surface area contributed by atoms with E-state index in [9.17, 15) is 4.79 Å². The van der Waals surface area contributed by atoms with Crippen molar-refractivity contribution in [1.82, 2.24) is 5.32 Å². The molecule has 2 heteroatoms. The predicted molar refractivity (Wildman–Crippen MR) is 62.2 cm³/mol. The lowest BCUT2D eigenvalue weighted by atomic mass is 10.0. The lowest BCUT2D eigenvalue weighted by Gasteiger charge is -2.13. The molecule has 82 valence electrons. The molecule has 0 saturated carbocycles. The molecule has 2 atom stereocenters. The molecule has 1 N–H and O–H groups in total. The number of terminal acetylenes is 1. The predicted octanol–water partition coefficient (Wildman–Crippen LogP) is 2.26. The van der Waals surface area contributed by atoms with Crippen LogP contribution in [0.2, 0.25) is 0 Å². The molecule has 0 spiro atoms. The lowest BCUT2D eigenvalue weighted by Crippen LogP contribution is -2.34. The first-order chi connectivity index (χ1) is 7.26. The average Bonchev–Trinajstić information content (AvgIpc) is 2.69. The summed E-state index contributed by atoms with van der Waals surface area (Å²) < 4.78 is 0. The summed E-state index contributed by atoms with van der Waals surface area (Å²) in [4.78, 5) is 11.6. The first-order valence-corrected chi connectivity index (χ1v) is 5.68. The van der Waals surface area contributed by atoms with Crippen LogP contribution in [0.3, 0.4) is 0 Å². The van der Waals surface area contributed by atoms with Gasteiger partial charge in [-0.3, -0.25) is 4.79 Å². The summed E-state index contributed by atoms with van der Waals surface area (Å²) in [5.74, 6) is 3.12. The van der Waals surface area contributed by atoms with Gasteiger partial charge in [-0.2, -0.15) is 0 Å². The summed E-state index contributed by atoms with van der Waals surface area (Å²) in [6.07, 6.45) is 14.3. The van der Waals surface area contributed by atoms with Gasteiger partial charge in [-0.15, -0.1) is 6.42 Å². The SMILES string of the molecule is C#CC(CCC)NC(=O)CC1C=CCC1. The quantitative estimate of drug-likeness (QED) is 0.541. The van der Waals surface area contributed by atoms with Crippen molar-refractivity contribution in [2.24, 2.45) is 5.92 Å². The first-order valence-electron chi connectivity index (χ1n) is 5.68. The minimum absolute atomic E-state index is 0.0861. The van der Waals surface area contributed by atoms with Gasteiger partial charge in [-0.1, -0.05) is 31.4 Å². The number of carbonyl (C=O) groups excluding carboxylic acids is 1. The number of allylic oxidation sites excluding steroid dienone is 2. The topological polar surface area (TPSA) is 29.1 Å². The standard InChI is InChI=1S/C13H19NO/c1-3-7-12(4-2)14-13(15)10-11-8-5-6-9-11/h2,5,8,11-12H,3,6-7,9-10H2,1H3,(H,14,15). The molecule has 0 aliphatic heterocycles. The van der Waals surface area contributed by atoms with Gasteiger partial charge in [0.15, 0.2) is 0 Å². The molecule has 0 aromatic rings. The van der Waals surface area contributed by atoms with Crippen molar-refractivity contribution in [3.63, 3.8) is 0 Å². The smallest absolute Gasteiger partial charge is 0.221 e. The van der Waals surface area contributed by atoms with E-state index in [4.69, 9.17) is 6.42 Å². The van der Waals surface area contributed by atoms with Gasteiger partial charge in [0.05, 0.1) is 6.04 Å². The normalized spacial score (nSPS) is 20.9. The zero-order valence-electron chi connectivity index (χ0n) is 9.33. The summed E-state index contributed by atoms with van der Waals surface area (Å²) >= 11 is 0. The van der Waals surface area contributed by atoms with Crippen molar-refractivity contribution >= 4 is 5.91 Å². The van der Waals surface area contributed by atoms with Gasteiger partial charge < -0.3 is 5.32 Å². The molecule has 1 aliphatic rings. The van der Waals surface area contributed by atoms with Crippen molar-refractivity contribution in [2.45, 2.75) is 45.1 Å². The Kier molecular flexibility index (Phi) is 4.97. The molecule has 0 saturated heterocycles. The molecule has 2 nitrogen and oxygen atoms in total. The van der Waals surface area contributed by atoms with Gasteiger partial charge in [0.1, 0.15) is 0 Å². The second-order valence-electron chi connectivity index (χ2n) is 4.05. The summed E-state index contributed by atoms with van der Waals surface area (Å²) in [5.41, 5.74) is 0. The maximum absolute atomic E-state index is 11.6. The average molecular weight is 205 g/mol. The van der Waals surface area contributed by atoms with E-state index >= 15 is 0 Å². The molecule has 1 amide bonds. The Morgan fingerprint density at radius 2 is 2.53 bits per heavy atom. The number of hydrogen-bond acceptors (Lipinski definition) is 1. The third-order valence-corrected chi connectivity index (χ3v) is 2.67. The molecule has 0 bridgehead atoms. The number of nitrogens with one attached hydrogen (secondary N) is 1. The van der Waals surface area contributed by atoms with Crippen LogP contribution < -0.4 is 5.32 Å². The van der Waals surface area contributed by atoms with E-state index in [1.165, 1.54) is 0 Å². The monoisotopic (exact) mass is 205 g/mol. The molecule has 0 fully saturated rings. The van der Waals surface area contributed by atoms with E-state index in [1.54, 1.807) is 0 Å². The molecule has 1 aliphatic carbocycles. The summed E-state index contributed by atoms with van der Waals surface area (Å²) in [6.45, 7) is 2.07. The van der Waals surface area contributed by atoms with E-state index in [0.29, 0.717) is 12.3 Å². The fourth-order valence-electron chi connectivity index (χ4n) is 1.84. The van der Waals surface area contributed by atoms with Gasteiger partial charge in [-0.25, -0.2) is 0 Å². The highest BCUT2D eigenvalue weighted by molar-refractivity contribution is 5.77. The van der Waals surface area contributed by atoms with E-state index in [2.05, 4.69) is 30.3 Å². The maximum atomic E-state index is 11.6. The molecule has 1 rings (SSSR count). The Morgan fingerprint density at radius 1 is 1.73 bits per heavy atom. The highest BCUT2D eigenvalue weighted by Gasteiger charge is 2.15. The van der Waals surface area contributed by atoms with E-state index in [-0.39, 0.29) is 11.9 Å². The van der Waals surface area contributed by atoms with Crippen molar-refractivity contribution in [3.8, 4) is 12.3 Å². The maximum Gasteiger partial charge on any atom is 0.221 e. The van der Waals surface area contributed by atoms with E-state index in [0.717, 1.165) is 25.7 Å². The minimum Gasteiger partial charge on any atom is -0.342 e. The van der Waals surface area contributed by atoms with Crippen LogP contribution in [0.1, 0.15) is 39.0 Å². The lowest BCUT2D eigenvalue weighted by molar-refractivity contribution is -0.122. The number of hydrogen-bond donors (Lipinski definition) is 1. The zero-order chi connectivity index (χ0) is 11.1. The van der Waals surface area contributed by atoms with Gasteiger partial charge in [0.25, 0.3) is 0 Å². The molecule has 0 aromatic carbocycles. The van der Waals surface area contributed by atoms with Crippen molar-refractivity contribution in [1.29, 1.82) is 0 Å². The second kappa shape index (κ2) is 6.29. The Balaban J connectivity index is 2.28. The Hall–Kier alpha value is -1.23. The molecule has 0 heterocycles. The van der Waals surface area contributed by atoms with Gasteiger partial charge in [-0.05, 0) is 25.2 Å². The van der Waals surface area contributed by atoms with Crippen LogP contribution in [0.25, 0.3) is 0 Å². The zero-order valence-corrected chi connectivity index (χ0v) is 9.33. The largest absolute Gasteiger partial charge is 0.342 e. The Bertz CT molecular complexity index is 275. The van der Waals surface area contributed by atoms with Crippen LogP contribution in [0, 0.1) is 18.3 Å². The second-order valence-corrected chi connectivity index (χ2v) is 4.05. The first kappa shape index (κ1) is 11.8. The molecule has 0 radical (unpaired) electrons. The van der Waals surface area contributed by atoms with Crippen LogP contribution in [0.5, 0.6) is 0 Å². The highest BCUT2D eigenvalue weighted by Crippen LogP contribution is 2.20. The van der Waals surface area contributed by atoms with Crippen LogP contribution in [-0.4, -0.2) is 11.9 Å². The highest BCUT2D eigenvalue weighted by atomic mass is 16.1. The van der Waals surface area contributed by atoms with E-state index < -0.39 is 0 Å². The Labute approximate surface area is 92.1 Å². The fraction of sp³-hybridized carbons (Fsp3) is 0.615. The number of amides is 1. The minimum atomic E-state index is -0.0899. The van der Waals surface area contributed by atoms with Crippen LogP contribution in [0.15, 0.2) is 12.2 Å². The number of rotatable bonds is 5. The summed E-state index contributed by atoms with van der Waals surface area (Å²) in [5, 5.41) is 2.89. The van der Waals surface area contributed by atoms with Crippen LogP contribution in [-0.2, 0) is 4.79 Å². The molecule has 15 heavy (non-hydrogen) atoms. The molecular weight excluding hydrogens is 186 g/mol. The van der Waals surface area contributed by atoms with Crippen molar-refractivity contribution in [3.05, 3.63) is 12.2 Å². The van der Waals surface area contributed by atoms with Gasteiger partial charge >= 0.3 is 0 Å². The van der Waals surface area contributed by atoms with Crippen molar-refractivity contribution < 1.29 is 4.79 Å².